The van der Waals surface area contributed by atoms with Crippen molar-refractivity contribution in [3.05, 3.63) is 29.3 Å². The number of hydrogen-bond donors (Lipinski definition) is 3. The van der Waals surface area contributed by atoms with Crippen molar-refractivity contribution in [2.45, 2.75) is 38.5 Å². The van der Waals surface area contributed by atoms with Crippen LogP contribution in [0.25, 0.3) is 0 Å². The molecule has 0 bridgehead atoms. The molecule has 1 aromatic rings. The number of amides is 1. The van der Waals surface area contributed by atoms with Crippen LogP contribution in [-0.4, -0.2) is 40.5 Å². The van der Waals surface area contributed by atoms with E-state index in [4.69, 9.17) is 0 Å². The van der Waals surface area contributed by atoms with Crippen molar-refractivity contribution < 1.29 is 13.2 Å². The molecule has 1 fully saturated rings. The van der Waals surface area contributed by atoms with Gasteiger partial charge in [-0.1, -0.05) is 19.9 Å². The fourth-order valence-electron chi connectivity index (χ4n) is 2.88. The first-order valence-electron chi connectivity index (χ1n) is 8.37. The van der Waals surface area contributed by atoms with E-state index >= 15 is 0 Å². The lowest BCUT2D eigenvalue weighted by Gasteiger charge is -2.34. The number of halogens is 1. The lowest BCUT2D eigenvalue weighted by Crippen LogP contribution is -2.43. The van der Waals surface area contributed by atoms with E-state index in [2.05, 4.69) is 22.3 Å². The van der Waals surface area contributed by atoms with Gasteiger partial charge in [-0.2, -0.15) is 0 Å². The maximum Gasteiger partial charge on any atom is 0.251 e. The minimum atomic E-state index is -3.57. The third kappa shape index (κ3) is 5.67. The molecule has 3 N–H and O–H groups in total. The van der Waals surface area contributed by atoms with Gasteiger partial charge in [0.2, 0.25) is 10.0 Å². The third-order valence-electron chi connectivity index (χ3n) is 4.58. The molecule has 0 unspecified atom stereocenters. The van der Waals surface area contributed by atoms with Crippen molar-refractivity contribution in [2.75, 3.05) is 26.2 Å². The number of carbonyl (C=O) groups excluding carboxylic acids is 1. The van der Waals surface area contributed by atoms with E-state index < -0.39 is 10.0 Å². The molecule has 6 nitrogen and oxygen atoms in total. The van der Waals surface area contributed by atoms with Crippen LogP contribution in [0.1, 0.15) is 42.6 Å². The SMILES string of the molecule is CCNS(=O)(=O)c1ccc(C)c(C(=O)NCC2(C)CCNCC2)c1.Cl. The van der Waals surface area contributed by atoms with Gasteiger partial charge in [-0.3, -0.25) is 4.79 Å². The lowest BCUT2D eigenvalue weighted by molar-refractivity contribution is 0.0921. The maximum atomic E-state index is 12.5. The number of rotatable bonds is 6. The van der Waals surface area contributed by atoms with Crippen LogP contribution in [0.5, 0.6) is 0 Å². The maximum absolute atomic E-state index is 12.5. The van der Waals surface area contributed by atoms with Crippen LogP contribution in [0, 0.1) is 12.3 Å². The number of nitrogens with one attached hydrogen (secondary N) is 3. The largest absolute Gasteiger partial charge is 0.351 e. The van der Waals surface area contributed by atoms with Gasteiger partial charge in [-0.25, -0.2) is 13.1 Å². The number of aryl methyl sites for hydroxylation is 1. The molecule has 1 saturated heterocycles. The van der Waals surface area contributed by atoms with Crippen LogP contribution in [0.4, 0.5) is 0 Å². The minimum Gasteiger partial charge on any atom is -0.351 e. The van der Waals surface area contributed by atoms with E-state index in [1.165, 1.54) is 12.1 Å². The monoisotopic (exact) mass is 389 g/mol. The van der Waals surface area contributed by atoms with Crippen molar-refractivity contribution in [1.82, 2.24) is 15.4 Å². The normalized spacial score (nSPS) is 16.8. The van der Waals surface area contributed by atoms with Crippen LogP contribution in [-0.2, 0) is 10.0 Å². The molecule has 0 atom stereocenters. The van der Waals surface area contributed by atoms with E-state index in [0.717, 1.165) is 31.5 Å². The summed E-state index contributed by atoms with van der Waals surface area (Å²) in [6.45, 7) is 8.53. The molecule has 25 heavy (non-hydrogen) atoms. The predicted octanol–water partition coefficient (Wildman–Crippen LogP) is 1.83. The van der Waals surface area contributed by atoms with E-state index in [9.17, 15) is 13.2 Å². The van der Waals surface area contributed by atoms with Gasteiger partial charge in [0.1, 0.15) is 0 Å². The van der Waals surface area contributed by atoms with Crippen LogP contribution in [0.3, 0.4) is 0 Å². The Hall–Kier alpha value is -1.15. The van der Waals surface area contributed by atoms with Gasteiger partial charge in [-0.15, -0.1) is 12.4 Å². The van der Waals surface area contributed by atoms with Gasteiger partial charge in [0.05, 0.1) is 4.90 Å². The summed E-state index contributed by atoms with van der Waals surface area (Å²) in [7, 11) is -3.57. The van der Waals surface area contributed by atoms with Gasteiger partial charge < -0.3 is 10.6 Å². The average Bonchev–Trinajstić information content (AvgIpc) is 2.53. The second-order valence-electron chi connectivity index (χ2n) is 6.72. The first-order chi connectivity index (χ1) is 11.3. The van der Waals surface area contributed by atoms with E-state index in [1.807, 2.05) is 6.92 Å². The number of benzene rings is 1. The highest BCUT2D eigenvalue weighted by atomic mass is 35.5. The molecule has 8 heteroatoms. The number of hydrogen-bond acceptors (Lipinski definition) is 4. The van der Waals surface area contributed by atoms with Crippen LogP contribution < -0.4 is 15.4 Å². The van der Waals surface area contributed by atoms with Gasteiger partial charge in [0.15, 0.2) is 0 Å². The molecule has 1 amide bonds. The summed E-state index contributed by atoms with van der Waals surface area (Å²) in [4.78, 5) is 12.7. The Morgan fingerprint density at radius 1 is 1.28 bits per heavy atom. The first-order valence-corrected chi connectivity index (χ1v) is 9.85. The highest BCUT2D eigenvalue weighted by Gasteiger charge is 2.27. The zero-order valence-corrected chi connectivity index (χ0v) is 16.6. The van der Waals surface area contributed by atoms with Crippen molar-refractivity contribution >= 4 is 28.3 Å². The topological polar surface area (TPSA) is 87.3 Å². The van der Waals surface area contributed by atoms with Crippen molar-refractivity contribution in [1.29, 1.82) is 0 Å². The van der Waals surface area contributed by atoms with E-state index in [-0.39, 0.29) is 28.6 Å². The zero-order valence-electron chi connectivity index (χ0n) is 15.0. The van der Waals surface area contributed by atoms with E-state index in [0.29, 0.717) is 18.7 Å². The Bertz CT molecular complexity index is 701. The number of piperidine rings is 1. The zero-order chi connectivity index (χ0) is 17.8. The fourth-order valence-corrected chi connectivity index (χ4v) is 3.95. The number of carbonyl (C=O) groups is 1. The molecule has 1 aromatic carbocycles. The van der Waals surface area contributed by atoms with Crippen molar-refractivity contribution in [3.8, 4) is 0 Å². The molecular weight excluding hydrogens is 362 g/mol. The highest BCUT2D eigenvalue weighted by Crippen LogP contribution is 2.27. The summed E-state index contributed by atoms with van der Waals surface area (Å²) in [5, 5.41) is 6.30. The van der Waals surface area contributed by atoms with Crippen LogP contribution >= 0.6 is 12.4 Å². The van der Waals surface area contributed by atoms with Crippen molar-refractivity contribution in [2.24, 2.45) is 5.41 Å². The Labute approximate surface area is 156 Å². The van der Waals surface area contributed by atoms with Gasteiger partial charge in [0, 0.05) is 18.7 Å². The van der Waals surface area contributed by atoms with Gasteiger partial charge in [0.25, 0.3) is 5.91 Å². The summed E-state index contributed by atoms with van der Waals surface area (Å²) in [5.74, 6) is -0.221. The summed E-state index contributed by atoms with van der Waals surface area (Å²) in [6.07, 6.45) is 2.03. The number of sulfonamides is 1. The Balaban J connectivity index is 0.00000312. The standard InChI is InChI=1S/C17H27N3O3S.ClH/c1-4-20-24(22,23)14-6-5-13(2)15(11-14)16(21)19-12-17(3)7-9-18-10-8-17;/h5-6,11,18,20H,4,7-10,12H2,1-3H3,(H,19,21);1H. The summed E-state index contributed by atoms with van der Waals surface area (Å²) in [5.41, 5.74) is 1.26. The fraction of sp³-hybridized carbons (Fsp3) is 0.588. The second-order valence-corrected chi connectivity index (χ2v) is 8.49. The van der Waals surface area contributed by atoms with Gasteiger partial charge >= 0.3 is 0 Å². The first kappa shape index (κ1) is 21.9. The molecule has 2 rings (SSSR count). The quantitative estimate of drug-likeness (QED) is 0.692. The molecule has 0 aliphatic carbocycles. The van der Waals surface area contributed by atoms with Crippen LogP contribution in [0.15, 0.2) is 23.1 Å². The minimum absolute atomic E-state index is 0. The summed E-state index contributed by atoms with van der Waals surface area (Å²) < 4.78 is 26.7. The van der Waals surface area contributed by atoms with Gasteiger partial charge in [-0.05, 0) is 56.0 Å². The summed E-state index contributed by atoms with van der Waals surface area (Å²) >= 11 is 0. The molecule has 1 aliphatic heterocycles. The van der Waals surface area contributed by atoms with Crippen LogP contribution in [0.2, 0.25) is 0 Å². The Morgan fingerprint density at radius 2 is 1.92 bits per heavy atom. The molecule has 1 aliphatic rings. The smallest absolute Gasteiger partial charge is 0.251 e. The lowest BCUT2D eigenvalue weighted by atomic mass is 9.81. The van der Waals surface area contributed by atoms with Crippen molar-refractivity contribution in [3.63, 3.8) is 0 Å². The third-order valence-corrected chi connectivity index (χ3v) is 6.13. The molecule has 142 valence electrons. The Morgan fingerprint density at radius 3 is 2.52 bits per heavy atom. The molecule has 0 aromatic heterocycles. The average molecular weight is 390 g/mol. The van der Waals surface area contributed by atoms with E-state index in [1.54, 1.807) is 13.0 Å². The molecule has 1 heterocycles. The molecular formula is C17H28ClN3O3S. The molecule has 0 radical (unpaired) electrons. The highest BCUT2D eigenvalue weighted by molar-refractivity contribution is 7.89. The Kier molecular flexibility index (Phi) is 7.87. The predicted molar refractivity (Wildman–Crippen MR) is 102 cm³/mol. The molecule has 0 saturated carbocycles. The molecule has 0 spiro atoms. The second kappa shape index (κ2) is 8.98. The summed E-state index contributed by atoms with van der Waals surface area (Å²) in [6, 6.07) is 4.65.